The molecule has 0 saturated heterocycles. The van der Waals surface area contributed by atoms with E-state index in [4.69, 9.17) is 15.0 Å². The van der Waals surface area contributed by atoms with Crippen LogP contribution in [0.2, 0.25) is 0 Å². The Hall–Kier alpha value is -2.41. The highest BCUT2D eigenvalue weighted by Gasteiger charge is 2.37. The quantitative estimate of drug-likeness (QED) is 0.927. The minimum absolute atomic E-state index is 0.128. The molecular formula is C17H20N4O3. The van der Waals surface area contributed by atoms with Gasteiger partial charge < -0.3 is 15.0 Å². The Labute approximate surface area is 139 Å². The minimum Gasteiger partial charge on any atom is -0.479 e. The van der Waals surface area contributed by atoms with Crippen LogP contribution in [0, 0.1) is 0 Å². The zero-order valence-corrected chi connectivity index (χ0v) is 13.6. The largest absolute Gasteiger partial charge is 0.479 e. The molecule has 1 unspecified atom stereocenters. The van der Waals surface area contributed by atoms with Gasteiger partial charge in [-0.1, -0.05) is 30.1 Å². The van der Waals surface area contributed by atoms with Crippen LogP contribution in [0.5, 0.6) is 5.75 Å². The third kappa shape index (κ3) is 2.45. The number of carbonyl (C=O) groups is 1. The summed E-state index contributed by atoms with van der Waals surface area (Å²) in [6.07, 6.45) is 3.34. The first-order valence-corrected chi connectivity index (χ1v) is 8.26. The van der Waals surface area contributed by atoms with E-state index in [0.717, 1.165) is 25.7 Å². The van der Waals surface area contributed by atoms with E-state index < -0.39 is 11.6 Å². The van der Waals surface area contributed by atoms with Crippen LogP contribution in [0.25, 0.3) is 0 Å². The molecule has 1 saturated carbocycles. The second-order valence-electron chi connectivity index (χ2n) is 6.53. The summed E-state index contributed by atoms with van der Waals surface area (Å²) >= 11 is 0. The van der Waals surface area contributed by atoms with Gasteiger partial charge in [-0.2, -0.15) is 4.98 Å². The molecule has 1 atom stereocenters. The van der Waals surface area contributed by atoms with Gasteiger partial charge in [0.1, 0.15) is 12.3 Å². The average molecular weight is 328 g/mol. The van der Waals surface area contributed by atoms with Crippen molar-refractivity contribution < 1.29 is 14.1 Å². The molecule has 1 aromatic carbocycles. The maximum Gasteiger partial charge on any atom is 0.268 e. The van der Waals surface area contributed by atoms with Crippen LogP contribution < -0.4 is 15.4 Å². The third-order valence-corrected chi connectivity index (χ3v) is 4.78. The van der Waals surface area contributed by atoms with Crippen LogP contribution in [0.3, 0.4) is 0 Å². The fourth-order valence-corrected chi connectivity index (χ4v) is 3.41. The van der Waals surface area contributed by atoms with Gasteiger partial charge in [0.2, 0.25) is 5.89 Å². The first-order valence-electron chi connectivity index (χ1n) is 8.26. The van der Waals surface area contributed by atoms with Gasteiger partial charge in [-0.05, 0) is 31.9 Å². The third-order valence-electron chi connectivity index (χ3n) is 4.78. The smallest absolute Gasteiger partial charge is 0.268 e. The number of amides is 1. The lowest BCUT2D eigenvalue weighted by atomic mass is 9.99. The Balaban J connectivity index is 1.61. The summed E-state index contributed by atoms with van der Waals surface area (Å²) in [5.74, 6) is 1.48. The van der Waals surface area contributed by atoms with E-state index in [-0.39, 0.29) is 12.5 Å². The molecule has 1 fully saturated rings. The number of benzene rings is 1. The number of fused-ring (bicyclic) bond motifs is 1. The first-order chi connectivity index (χ1) is 11.6. The van der Waals surface area contributed by atoms with Gasteiger partial charge in [0.05, 0.1) is 11.2 Å². The number of aromatic nitrogens is 2. The predicted molar refractivity (Wildman–Crippen MR) is 86.4 cm³/mol. The van der Waals surface area contributed by atoms with Crippen molar-refractivity contribution in [1.82, 2.24) is 10.1 Å². The lowest BCUT2D eigenvalue weighted by molar-refractivity contribution is -0.125. The molecule has 2 aromatic rings. The maximum absolute atomic E-state index is 12.5. The lowest BCUT2D eigenvalue weighted by Crippen LogP contribution is -2.44. The topological polar surface area (TPSA) is 94.5 Å². The van der Waals surface area contributed by atoms with Crippen molar-refractivity contribution in [1.29, 1.82) is 0 Å². The molecule has 1 aliphatic heterocycles. The molecule has 0 spiro atoms. The Kier molecular flexibility index (Phi) is 3.53. The van der Waals surface area contributed by atoms with Gasteiger partial charge in [-0.15, -0.1) is 0 Å². The van der Waals surface area contributed by atoms with Crippen LogP contribution in [-0.4, -0.2) is 22.2 Å². The van der Waals surface area contributed by atoms with Crippen LogP contribution >= 0.6 is 0 Å². The Morgan fingerprint density at radius 1 is 1.33 bits per heavy atom. The normalized spacial score (nSPS) is 22.3. The SMILES string of the molecule is CC1Oc2ccccc2N(Cc2nc(C3(N)CCCC3)no2)C1=O. The van der Waals surface area contributed by atoms with E-state index in [1.54, 1.807) is 11.8 Å². The van der Waals surface area contributed by atoms with Crippen molar-refractivity contribution in [3.8, 4) is 5.75 Å². The number of nitrogens with zero attached hydrogens (tertiary/aromatic N) is 3. The minimum atomic E-state index is -0.544. The van der Waals surface area contributed by atoms with E-state index in [9.17, 15) is 4.79 Å². The number of carbonyl (C=O) groups excluding carboxylic acids is 1. The number of rotatable bonds is 3. The van der Waals surface area contributed by atoms with E-state index in [2.05, 4.69) is 10.1 Å². The highest BCUT2D eigenvalue weighted by molar-refractivity contribution is 5.99. The molecule has 2 N–H and O–H groups in total. The molecule has 0 radical (unpaired) electrons. The van der Waals surface area contributed by atoms with Gasteiger partial charge in [-0.25, -0.2) is 0 Å². The molecule has 2 aliphatic rings. The second-order valence-corrected chi connectivity index (χ2v) is 6.53. The van der Waals surface area contributed by atoms with E-state index in [1.807, 2.05) is 24.3 Å². The Bertz CT molecular complexity index is 767. The number of anilines is 1. The number of ether oxygens (including phenoxy) is 1. The summed E-state index contributed by atoms with van der Waals surface area (Å²) in [4.78, 5) is 18.6. The Morgan fingerprint density at radius 3 is 2.88 bits per heavy atom. The fourth-order valence-electron chi connectivity index (χ4n) is 3.41. The number of nitrogens with two attached hydrogens (primary N) is 1. The van der Waals surface area contributed by atoms with Crippen molar-refractivity contribution in [2.75, 3.05) is 4.90 Å². The van der Waals surface area contributed by atoms with Crippen LogP contribution in [0.15, 0.2) is 28.8 Å². The highest BCUT2D eigenvalue weighted by Crippen LogP contribution is 2.36. The van der Waals surface area contributed by atoms with E-state index >= 15 is 0 Å². The van der Waals surface area contributed by atoms with Gasteiger partial charge in [0, 0.05) is 0 Å². The summed E-state index contributed by atoms with van der Waals surface area (Å²) in [7, 11) is 0. The summed E-state index contributed by atoms with van der Waals surface area (Å²) in [5.41, 5.74) is 6.58. The number of para-hydroxylation sites is 2. The zero-order valence-electron chi connectivity index (χ0n) is 13.6. The first kappa shape index (κ1) is 15.1. The average Bonchev–Trinajstić information content (AvgIpc) is 3.22. The van der Waals surface area contributed by atoms with Gasteiger partial charge in [-0.3, -0.25) is 9.69 Å². The van der Waals surface area contributed by atoms with E-state index in [0.29, 0.717) is 23.2 Å². The second kappa shape index (κ2) is 5.59. The predicted octanol–water partition coefficient (Wildman–Crippen LogP) is 2.11. The molecule has 7 heteroatoms. The summed E-state index contributed by atoms with van der Waals surface area (Å²) in [6, 6.07) is 7.43. The maximum atomic E-state index is 12.5. The van der Waals surface area contributed by atoms with Crippen LogP contribution in [0.4, 0.5) is 5.69 Å². The van der Waals surface area contributed by atoms with Crippen molar-refractivity contribution in [3.05, 3.63) is 36.0 Å². The molecule has 1 aromatic heterocycles. The van der Waals surface area contributed by atoms with Gasteiger partial charge in [0.15, 0.2) is 11.9 Å². The van der Waals surface area contributed by atoms with Crippen molar-refractivity contribution in [2.45, 2.75) is 50.8 Å². The summed E-state index contributed by atoms with van der Waals surface area (Å²) in [6.45, 7) is 1.95. The molecule has 24 heavy (non-hydrogen) atoms. The summed E-state index contributed by atoms with van der Waals surface area (Å²) in [5, 5.41) is 4.06. The molecule has 2 heterocycles. The molecule has 1 amide bonds. The van der Waals surface area contributed by atoms with Crippen molar-refractivity contribution >= 4 is 11.6 Å². The molecular weight excluding hydrogens is 308 g/mol. The molecule has 7 nitrogen and oxygen atoms in total. The molecule has 0 bridgehead atoms. The van der Waals surface area contributed by atoms with Crippen molar-refractivity contribution in [3.63, 3.8) is 0 Å². The standard InChI is InChI=1S/C17H20N4O3/c1-11-15(22)21(12-6-2-3-7-13(12)23-11)10-14-19-16(20-24-14)17(18)8-4-5-9-17/h2-3,6-7,11H,4-5,8-10,18H2,1H3. The monoisotopic (exact) mass is 328 g/mol. The summed E-state index contributed by atoms with van der Waals surface area (Å²) < 4.78 is 11.0. The highest BCUT2D eigenvalue weighted by atomic mass is 16.5. The number of hydrogen-bond acceptors (Lipinski definition) is 6. The van der Waals surface area contributed by atoms with Crippen molar-refractivity contribution in [2.24, 2.45) is 5.73 Å². The van der Waals surface area contributed by atoms with Crippen LogP contribution in [0.1, 0.15) is 44.3 Å². The van der Waals surface area contributed by atoms with Crippen LogP contribution in [-0.2, 0) is 16.9 Å². The molecule has 1 aliphatic carbocycles. The molecule has 4 rings (SSSR count). The van der Waals surface area contributed by atoms with E-state index in [1.165, 1.54) is 0 Å². The lowest BCUT2D eigenvalue weighted by Gasteiger charge is -2.31. The number of hydrogen-bond donors (Lipinski definition) is 1. The zero-order chi connectivity index (χ0) is 16.7. The van der Waals surface area contributed by atoms with Gasteiger partial charge >= 0.3 is 0 Å². The Morgan fingerprint density at radius 2 is 2.08 bits per heavy atom. The molecule has 126 valence electrons. The fraction of sp³-hybridized carbons (Fsp3) is 0.471. The van der Waals surface area contributed by atoms with Gasteiger partial charge in [0.25, 0.3) is 5.91 Å².